The van der Waals surface area contributed by atoms with E-state index >= 15 is 0 Å². The fourth-order valence-corrected chi connectivity index (χ4v) is 8.23. The Labute approximate surface area is 283 Å². The minimum absolute atomic E-state index is 0. The summed E-state index contributed by atoms with van der Waals surface area (Å²) in [6.07, 6.45) is 3.72. The first kappa shape index (κ1) is 29.2. The fraction of sp³-hybridized carbons (Fsp3) is 0. The topological polar surface area (TPSA) is 25.8 Å². The third kappa shape index (κ3) is 5.61. The van der Waals surface area contributed by atoms with Gasteiger partial charge >= 0.3 is 0 Å². The number of nitrogens with zero attached hydrogens (tertiary/aromatic N) is 2. The second-order valence-corrected chi connectivity index (χ2v) is 12.5. The summed E-state index contributed by atoms with van der Waals surface area (Å²) in [5, 5.41) is 5.33. The second-order valence-electron chi connectivity index (χ2n) is 10.4. The van der Waals surface area contributed by atoms with Crippen molar-refractivity contribution in [1.82, 2.24) is 9.97 Å². The molecule has 4 heterocycles. The minimum Gasteiger partial charge on any atom is -0.305 e. The summed E-state index contributed by atoms with van der Waals surface area (Å²) < 4.78 is 5.35. The number of aromatic nitrogens is 2. The van der Waals surface area contributed by atoms with Crippen molar-refractivity contribution in [3.8, 4) is 33.6 Å². The first-order chi connectivity index (χ1) is 21.8. The van der Waals surface area contributed by atoms with Crippen molar-refractivity contribution in [3.05, 3.63) is 158 Å². The van der Waals surface area contributed by atoms with Crippen molar-refractivity contribution in [1.29, 1.82) is 0 Å². The molecule has 0 bridgehead atoms. The molecule has 0 aliphatic carbocycles. The van der Waals surface area contributed by atoms with E-state index in [9.17, 15) is 0 Å². The first-order valence-electron chi connectivity index (χ1n) is 14.4. The van der Waals surface area contributed by atoms with E-state index in [4.69, 9.17) is 0 Å². The van der Waals surface area contributed by atoms with Crippen molar-refractivity contribution in [2.75, 3.05) is 0 Å². The van der Waals surface area contributed by atoms with Gasteiger partial charge in [-0.2, -0.15) is 0 Å². The van der Waals surface area contributed by atoms with Gasteiger partial charge in [0.2, 0.25) is 0 Å². The van der Waals surface area contributed by atoms with Gasteiger partial charge in [-0.05, 0) is 47.3 Å². The molecule has 9 aromatic rings. The summed E-state index contributed by atoms with van der Waals surface area (Å²) in [6.45, 7) is 0. The summed E-state index contributed by atoms with van der Waals surface area (Å²) in [4.78, 5) is 8.87. The fourth-order valence-electron chi connectivity index (χ4n) is 5.66. The van der Waals surface area contributed by atoms with Gasteiger partial charge in [-0.1, -0.05) is 54.6 Å². The Morgan fingerprint density at radius 2 is 1.02 bits per heavy atom. The smallest absolute Gasteiger partial charge is 0.0448 e. The molecule has 9 rings (SSSR count). The Bertz CT molecular complexity index is 2260. The summed E-state index contributed by atoms with van der Waals surface area (Å²) in [5.41, 5.74) is 6.51. The zero-order chi connectivity index (χ0) is 29.3. The number of thiophene rings is 2. The van der Waals surface area contributed by atoms with Crippen molar-refractivity contribution in [2.24, 2.45) is 0 Å². The molecule has 0 saturated carbocycles. The van der Waals surface area contributed by atoms with Gasteiger partial charge in [-0.15, -0.1) is 94.5 Å². The van der Waals surface area contributed by atoms with E-state index in [1.54, 1.807) is 6.20 Å². The largest absolute Gasteiger partial charge is 0.305 e. The van der Waals surface area contributed by atoms with Gasteiger partial charge in [0.15, 0.2) is 0 Å². The summed E-state index contributed by atoms with van der Waals surface area (Å²) in [6, 6.07) is 52.4. The number of rotatable bonds is 3. The van der Waals surface area contributed by atoms with E-state index in [1.807, 2.05) is 89.5 Å². The summed E-state index contributed by atoms with van der Waals surface area (Å²) >= 11 is 3.78. The maximum absolute atomic E-state index is 4.66. The summed E-state index contributed by atoms with van der Waals surface area (Å²) in [5.74, 6) is 0. The van der Waals surface area contributed by atoms with E-state index in [0.29, 0.717) is 0 Å². The van der Waals surface area contributed by atoms with E-state index in [2.05, 4.69) is 94.9 Å². The van der Waals surface area contributed by atoms with Crippen molar-refractivity contribution < 1.29 is 20.1 Å². The molecule has 0 unspecified atom stereocenters. The molecule has 2 nitrogen and oxygen atoms in total. The monoisotopic (exact) mass is 789 g/mol. The molecule has 5 aromatic carbocycles. The summed E-state index contributed by atoms with van der Waals surface area (Å²) in [7, 11) is 0. The Morgan fingerprint density at radius 1 is 0.467 bits per heavy atom. The van der Waals surface area contributed by atoms with Crippen LogP contribution in [0.4, 0.5) is 0 Å². The van der Waals surface area contributed by atoms with Crippen LogP contribution in [0, 0.1) is 12.1 Å². The van der Waals surface area contributed by atoms with Crippen molar-refractivity contribution >= 4 is 63.0 Å². The Hall–Kier alpha value is -4.51. The first-order valence-corrected chi connectivity index (χ1v) is 16.0. The number of hydrogen-bond donors (Lipinski definition) is 0. The predicted molar refractivity (Wildman–Crippen MR) is 188 cm³/mol. The molecule has 0 atom stereocenters. The zero-order valence-electron chi connectivity index (χ0n) is 23.9. The van der Waals surface area contributed by atoms with Gasteiger partial charge in [-0.3, -0.25) is 0 Å². The predicted octanol–water partition coefficient (Wildman–Crippen LogP) is 11.5. The van der Waals surface area contributed by atoms with Crippen LogP contribution < -0.4 is 0 Å². The van der Waals surface area contributed by atoms with Crippen molar-refractivity contribution in [3.63, 3.8) is 0 Å². The van der Waals surface area contributed by atoms with E-state index in [0.717, 1.165) is 22.5 Å². The number of pyridine rings is 2. The van der Waals surface area contributed by atoms with Gasteiger partial charge in [0.1, 0.15) is 0 Å². The zero-order valence-corrected chi connectivity index (χ0v) is 27.9. The minimum atomic E-state index is 0. The van der Waals surface area contributed by atoms with E-state index < -0.39 is 0 Å². The third-order valence-corrected chi connectivity index (χ3v) is 10.1. The molecule has 0 aliphatic heterocycles. The van der Waals surface area contributed by atoms with Crippen LogP contribution >= 0.6 is 22.7 Å². The van der Waals surface area contributed by atoms with Gasteiger partial charge in [-0.25, -0.2) is 0 Å². The van der Waals surface area contributed by atoms with E-state index in [1.165, 1.54) is 51.5 Å². The molecule has 1 radical (unpaired) electrons. The quantitative estimate of drug-likeness (QED) is 0.167. The van der Waals surface area contributed by atoms with Crippen LogP contribution in [0.2, 0.25) is 0 Å². The van der Waals surface area contributed by atoms with Gasteiger partial charge in [0.05, 0.1) is 0 Å². The van der Waals surface area contributed by atoms with Gasteiger partial charge in [0.25, 0.3) is 0 Å². The number of hydrogen-bond acceptors (Lipinski definition) is 4. The molecule has 217 valence electrons. The molecule has 0 amide bonds. The molecule has 0 N–H and O–H groups in total. The Balaban J connectivity index is 0.000000211. The van der Waals surface area contributed by atoms with Gasteiger partial charge in [0, 0.05) is 78.4 Å². The Morgan fingerprint density at radius 3 is 1.60 bits per heavy atom. The van der Waals surface area contributed by atoms with Crippen molar-refractivity contribution in [2.45, 2.75) is 0 Å². The van der Waals surface area contributed by atoms with Crippen LogP contribution in [-0.2, 0) is 20.1 Å². The SMILES string of the molecule is [Ir].[c-]1ccccc1-c1cc(-c2c3sc4ccccc4c3cc3c2sc2ccccc23)ccn1.[c-]1ccccc1-c1ccccn1. The van der Waals surface area contributed by atoms with Crippen LogP contribution in [0.15, 0.2) is 146 Å². The molecule has 0 fully saturated rings. The number of fused-ring (bicyclic) bond motifs is 6. The average Bonchev–Trinajstić information content (AvgIpc) is 3.67. The molecular formula is C40H24IrN2S2-2. The van der Waals surface area contributed by atoms with Crippen LogP contribution in [0.25, 0.3) is 74.0 Å². The second kappa shape index (κ2) is 12.8. The maximum atomic E-state index is 4.66. The molecule has 5 heteroatoms. The molecule has 45 heavy (non-hydrogen) atoms. The maximum Gasteiger partial charge on any atom is 0.0448 e. The molecule has 0 saturated heterocycles. The average molecular weight is 789 g/mol. The standard InChI is InChI=1S/C29H16NS2.C11H8N.Ir/c1-2-8-18(9-3-1)24-16-19(14-15-30-24)27-28-22(20-10-4-6-12-25(20)31-28)17-23-21-11-5-7-13-26(21)32-29(23)27;1-2-6-10(7-3-1)11-8-4-5-9-12-11;/h1-8,10-17H;1-6,8-9H;/q2*-1;. The normalized spacial score (nSPS) is 10.9. The molecule has 4 aromatic heterocycles. The van der Waals surface area contributed by atoms with Crippen LogP contribution in [0.3, 0.4) is 0 Å². The van der Waals surface area contributed by atoms with Crippen LogP contribution in [0.1, 0.15) is 0 Å². The van der Waals surface area contributed by atoms with Crippen LogP contribution in [-0.4, -0.2) is 9.97 Å². The van der Waals surface area contributed by atoms with Gasteiger partial charge < -0.3 is 9.97 Å². The van der Waals surface area contributed by atoms with Crippen LogP contribution in [0.5, 0.6) is 0 Å². The molecule has 0 spiro atoms. The molecular weight excluding hydrogens is 765 g/mol. The molecule has 0 aliphatic rings. The number of benzene rings is 5. The van der Waals surface area contributed by atoms with E-state index in [-0.39, 0.29) is 20.1 Å². The third-order valence-electron chi connectivity index (χ3n) is 7.69. The Kier molecular flexibility index (Phi) is 8.34.